The number of ether oxygens (including phenoxy) is 4. The van der Waals surface area contributed by atoms with Gasteiger partial charge in [0.15, 0.2) is 12.2 Å². The Bertz CT molecular complexity index is 475. The van der Waals surface area contributed by atoms with Crippen LogP contribution in [0.5, 0.6) is 0 Å². The van der Waals surface area contributed by atoms with Crippen molar-refractivity contribution in [2.75, 3.05) is 19.8 Å². The minimum atomic E-state index is -1.53. The number of nitrogens with zero attached hydrogens (tertiary/aromatic N) is 1. The summed E-state index contributed by atoms with van der Waals surface area (Å²) in [7, 11) is 0. The summed E-state index contributed by atoms with van der Waals surface area (Å²) in [6, 6.07) is -0.792. The highest BCUT2D eigenvalue weighted by atomic mass is 16.7. The SMILES string of the molecule is CC1=NC2[C@@H](O1)OC(CO)[C@@H](O[C@H](OC(CO)[C@H](C)O)[C@H](O)CO)[C@@H]2O. The number of hydrogen-bond acceptors (Lipinski definition) is 11. The third kappa shape index (κ3) is 4.68. The second kappa shape index (κ2) is 9.35. The van der Waals surface area contributed by atoms with Gasteiger partial charge in [-0.1, -0.05) is 0 Å². The molecule has 1 fully saturated rings. The molecule has 26 heavy (non-hydrogen) atoms. The molecule has 2 aliphatic heterocycles. The Kier molecular flexibility index (Phi) is 7.70. The lowest BCUT2D eigenvalue weighted by molar-refractivity contribution is -0.311. The molecule has 0 radical (unpaired) electrons. The van der Waals surface area contributed by atoms with E-state index in [9.17, 15) is 30.6 Å². The van der Waals surface area contributed by atoms with Gasteiger partial charge in [-0.15, -0.1) is 0 Å². The van der Waals surface area contributed by atoms with E-state index in [1.54, 1.807) is 6.92 Å². The van der Waals surface area contributed by atoms with Crippen LogP contribution in [0.2, 0.25) is 0 Å². The van der Waals surface area contributed by atoms with Crippen molar-refractivity contribution in [1.29, 1.82) is 0 Å². The molecular weight excluding hydrogens is 354 g/mol. The molecule has 0 bridgehead atoms. The van der Waals surface area contributed by atoms with Crippen LogP contribution in [0, 0.1) is 0 Å². The Morgan fingerprint density at radius 3 is 2.42 bits per heavy atom. The van der Waals surface area contributed by atoms with Crippen LogP contribution >= 0.6 is 0 Å². The lowest BCUT2D eigenvalue weighted by Gasteiger charge is -2.41. The van der Waals surface area contributed by atoms with Gasteiger partial charge in [0.2, 0.25) is 6.29 Å². The predicted octanol–water partition coefficient (Wildman–Crippen LogP) is -3.30. The van der Waals surface area contributed by atoms with E-state index in [0.29, 0.717) is 5.90 Å². The first-order chi connectivity index (χ1) is 12.3. The Labute approximate surface area is 150 Å². The number of fused-ring (bicyclic) bond motifs is 1. The van der Waals surface area contributed by atoms with Crippen LogP contribution in [0.1, 0.15) is 13.8 Å². The molecule has 11 nitrogen and oxygen atoms in total. The van der Waals surface area contributed by atoms with Crippen LogP contribution in [0.4, 0.5) is 0 Å². The van der Waals surface area contributed by atoms with Crippen LogP contribution in [0.3, 0.4) is 0 Å². The second-order valence-corrected chi connectivity index (χ2v) is 6.29. The van der Waals surface area contributed by atoms with Crippen molar-refractivity contribution in [3.63, 3.8) is 0 Å². The molecule has 0 aromatic carbocycles. The summed E-state index contributed by atoms with van der Waals surface area (Å²) in [6.45, 7) is 1.15. The molecule has 11 heteroatoms. The topological polar surface area (TPSA) is 171 Å². The van der Waals surface area contributed by atoms with Gasteiger partial charge in [0.1, 0.15) is 36.6 Å². The van der Waals surface area contributed by atoms with Crippen LogP contribution in [0.15, 0.2) is 4.99 Å². The van der Waals surface area contributed by atoms with Gasteiger partial charge in [0.05, 0.1) is 25.9 Å². The van der Waals surface area contributed by atoms with Crippen molar-refractivity contribution in [1.82, 2.24) is 0 Å². The zero-order chi connectivity index (χ0) is 19.4. The van der Waals surface area contributed by atoms with Gasteiger partial charge in [-0.2, -0.15) is 0 Å². The second-order valence-electron chi connectivity index (χ2n) is 6.29. The Morgan fingerprint density at radius 2 is 1.88 bits per heavy atom. The lowest BCUT2D eigenvalue weighted by atomic mass is 9.97. The van der Waals surface area contributed by atoms with Crippen LogP contribution in [-0.2, 0) is 18.9 Å². The monoisotopic (exact) mass is 381 g/mol. The first-order valence-corrected chi connectivity index (χ1v) is 8.36. The highest BCUT2D eigenvalue weighted by Crippen LogP contribution is 2.31. The average Bonchev–Trinajstić information content (AvgIpc) is 2.99. The largest absolute Gasteiger partial charge is 0.450 e. The number of aliphatic hydroxyl groups excluding tert-OH is 6. The predicted molar refractivity (Wildman–Crippen MR) is 85.1 cm³/mol. The van der Waals surface area contributed by atoms with Gasteiger partial charge >= 0.3 is 0 Å². The third-order valence-corrected chi connectivity index (χ3v) is 4.26. The summed E-state index contributed by atoms with van der Waals surface area (Å²) in [5, 5.41) is 58.1. The fourth-order valence-electron chi connectivity index (χ4n) is 2.80. The molecule has 0 spiro atoms. The molecule has 0 aromatic rings. The zero-order valence-electron chi connectivity index (χ0n) is 14.6. The summed E-state index contributed by atoms with van der Waals surface area (Å²) < 4.78 is 21.8. The maximum Gasteiger partial charge on any atom is 0.227 e. The van der Waals surface area contributed by atoms with E-state index in [1.807, 2.05) is 0 Å². The summed E-state index contributed by atoms with van der Waals surface area (Å²) in [6.07, 6.45) is -9.52. The first-order valence-electron chi connectivity index (χ1n) is 8.36. The molecule has 2 aliphatic rings. The molecule has 6 N–H and O–H groups in total. The van der Waals surface area contributed by atoms with Gasteiger partial charge < -0.3 is 49.6 Å². The molecule has 2 heterocycles. The summed E-state index contributed by atoms with van der Waals surface area (Å²) in [4.78, 5) is 4.11. The Balaban J connectivity index is 2.15. The Morgan fingerprint density at radius 1 is 1.19 bits per heavy atom. The average molecular weight is 381 g/mol. The molecule has 3 unspecified atom stereocenters. The zero-order valence-corrected chi connectivity index (χ0v) is 14.6. The quantitative estimate of drug-likeness (QED) is 0.222. The smallest absolute Gasteiger partial charge is 0.227 e. The molecule has 0 aromatic heterocycles. The van der Waals surface area contributed by atoms with Crippen molar-refractivity contribution in [3.8, 4) is 0 Å². The van der Waals surface area contributed by atoms with E-state index in [4.69, 9.17) is 18.9 Å². The van der Waals surface area contributed by atoms with Crippen molar-refractivity contribution in [3.05, 3.63) is 0 Å². The van der Waals surface area contributed by atoms with Crippen LogP contribution in [-0.4, -0.2) is 112 Å². The van der Waals surface area contributed by atoms with Gasteiger partial charge in [0.25, 0.3) is 0 Å². The van der Waals surface area contributed by atoms with Gasteiger partial charge in [-0.3, -0.25) is 0 Å². The van der Waals surface area contributed by atoms with E-state index < -0.39 is 75.1 Å². The number of aliphatic hydroxyl groups is 6. The Hall–Kier alpha value is -0.890. The van der Waals surface area contributed by atoms with E-state index >= 15 is 0 Å². The summed E-state index contributed by atoms with van der Waals surface area (Å²) >= 11 is 0. The minimum absolute atomic E-state index is 0.314. The standard InChI is InChI=1S/C15H27NO10/c1-6(20)9(4-18)24-14(8(21)3-17)26-13-10(5-19)25-15-11(12(13)22)16-7(2)23-15/h6,8-15,17-22H,3-5H2,1-2H3/t6-,8+,9?,10?,11?,12+,13+,14-,15-/m0/s1. The van der Waals surface area contributed by atoms with Crippen molar-refractivity contribution in [2.45, 2.75) is 69.1 Å². The van der Waals surface area contributed by atoms with Crippen molar-refractivity contribution < 1.29 is 49.6 Å². The van der Waals surface area contributed by atoms with Crippen LogP contribution in [0.25, 0.3) is 0 Å². The summed E-state index contributed by atoms with van der Waals surface area (Å²) in [5.41, 5.74) is 0. The number of hydrogen-bond donors (Lipinski definition) is 6. The van der Waals surface area contributed by atoms with Gasteiger partial charge in [-0.05, 0) is 6.92 Å². The molecule has 9 atom stereocenters. The van der Waals surface area contributed by atoms with E-state index in [1.165, 1.54) is 6.92 Å². The minimum Gasteiger partial charge on any atom is -0.450 e. The highest BCUT2D eigenvalue weighted by Gasteiger charge is 2.50. The maximum atomic E-state index is 10.6. The van der Waals surface area contributed by atoms with Crippen LogP contribution < -0.4 is 0 Å². The lowest BCUT2D eigenvalue weighted by Crippen LogP contribution is -2.60. The van der Waals surface area contributed by atoms with E-state index in [2.05, 4.69) is 4.99 Å². The van der Waals surface area contributed by atoms with Gasteiger partial charge in [0, 0.05) is 6.92 Å². The first kappa shape index (κ1) is 21.4. The number of rotatable bonds is 9. The van der Waals surface area contributed by atoms with Crippen molar-refractivity contribution in [2.24, 2.45) is 4.99 Å². The molecular formula is C15H27NO10. The summed E-state index contributed by atoms with van der Waals surface area (Å²) in [5.74, 6) is 0.314. The third-order valence-electron chi connectivity index (χ3n) is 4.26. The molecule has 0 aliphatic carbocycles. The molecule has 2 rings (SSSR count). The normalized spacial score (nSPS) is 35.8. The molecule has 1 saturated heterocycles. The van der Waals surface area contributed by atoms with E-state index in [0.717, 1.165) is 0 Å². The fourth-order valence-corrected chi connectivity index (χ4v) is 2.80. The molecule has 152 valence electrons. The fraction of sp³-hybridized carbons (Fsp3) is 0.933. The number of aliphatic imine (C=N–C) groups is 1. The van der Waals surface area contributed by atoms with Crippen molar-refractivity contribution >= 4 is 5.90 Å². The molecule has 0 amide bonds. The molecule has 0 saturated carbocycles. The maximum absolute atomic E-state index is 10.6. The van der Waals surface area contributed by atoms with Gasteiger partial charge in [-0.25, -0.2) is 4.99 Å². The highest BCUT2D eigenvalue weighted by molar-refractivity contribution is 5.75. The van der Waals surface area contributed by atoms with E-state index in [-0.39, 0.29) is 0 Å².